The summed E-state index contributed by atoms with van der Waals surface area (Å²) in [6, 6.07) is 13.4. The fourth-order valence-electron chi connectivity index (χ4n) is 1.54. The molecule has 0 fully saturated rings. The molecule has 0 radical (unpaired) electrons. The van der Waals surface area contributed by atoms with E-state index in [0.717, 1.165) is 5.56 Å². The molecular weight excluding hydrogens is 252 g/mol. The largest absolute Gasteiger partial charge is 0.489 e. The number of nitrogens with two attached hydrogens (primary N) is 1. The molecule has 0 atom stereocenters. The van der Waals surface area contributed by atoms with Gasteiger partial charge in [-0.05, 0) is 29.8 Å². The highest BCUT2D eigenvalue weighted by Gasteiger charge is 2.04. The summed E-state index contributed by atoms with van der Waals surface area (Å²) >= 11 is 0. The number of halogens is 2. The molecule has 3 nitrogen and oxygen atoms in total. The molecule has 2 aromatic carbocycles. The molecule has 0 aromatic heterocycles. The van der Waals surface area contributed by atoms with E-state index in [-0.39, 0.29) is 5.75 Å². The third-order valence-corrected chi connectivity index (χ3v) is 2.41. The Hall–Kier alpha value is -2.30. The van der Waals surface area contributed by atoms with Crippen LogP contribution in [0.5, 0.6) is 11.5 Å². The van der Waals surface area contributed by atoms with Gasteiger partial charge >= 0.3 is 6.61 Å². The Morgan fingerprint density at radius 1 is 1.00 bits per heavy atom. The first-order chi connectivity index (χ1) is 9.13. The number of rotatable bonds is 5. The van der Waals surface area contributed by atoms with E-state index in [2.05, 4.69) is 4.74 Å². The summed E-state index contributed by atoms with van der Waals surface area (Å²) in [5.41, 5.74) is 7.10. The van der Waals surface area contributed by atoms with Crippen molar-refractivity contribution in [3.05, 3.63) is 54.1 Å². The Bertz CT molecular complexity index is 529. The third-order valence-electron chi connectivity index (χ3n) is 2.41. The van der Waals surface area contributed by atoms with Crippen LogP contribution in [0.1, 0.15) is 5.56 Å². The molecule has 0 unspecified atom stereocenters. The van der Waals surface area contributed by atoms with Crippen molar-refractivity contribution < 1.29 is 18.3 Å². The highest BCUT2D eigenvalue weighted by molar-refractivity contribution is 5.43. The van der Waals surface area contributed by atoms with Gasteiger partial charge in [0.2, 0.25) is 0 Å². The number of nitrogen functional groups attached to an aromatic ring is 1. The summed E-state index contributed by atoms with van der Waals surface area (Å²) in [4.78, 5) is 0. The van der Waals surface area contributed by atoms with E-state index in [4.69, 9.17) is 10.5 Å². The molecule has 0 saturated heterocycles. The molecule has 0 amide bonds. The van der Waals surface area contributed by atoms with Gasteiger partial charge in [0.05, 0.1) is 0 Å². The second-order valence-corrected chi connectivity index (χ2v) is 3.88. The predicted molar refractivity (Wildman–Crippen MR) is 68.3 cm³/mol. The highest BCUT2D eigenvalue weighted by Crippen LogP contribution is 2.18. The molecule has 0 aliphatic carbocycles. The fourth-order valence-corrected chi connectivity index (χ4v) is 1.54. The van der Waals surface area contributed by atoms with Crippen LogP contribution in [0.25, 0.3) is 0 Å². The Kier molecular flexibility index (Phi) is 4.18. The molecule has 0 aliphatic rings. The normalized spacial score (nSPS) is 10.5. The summed E-state index contributed by atoms with van der Waals surface area (Å²) in [5.74, 6) is 0.788. The van der Waals surface area contributed by atoms with Crippen LogP contribution in [0, 0.1) is 0 Å². The second-order valence-electron chi connectivity index (χ2n) is 3.88. The zero-order valence-electron chi connectivity index (χ0n) is 10.1. The maximum atomic E-state index is 12.0. The van der Waals surface area contributed by atoms with Crippen LogP contribution in [-0.2, 0) is 6.61 Å². The molecule has 0 heterocycles. The van der Waals surface area contributed by atoms with E-state index in [9.17, 15) is 8.78 Å². The number of anilines is 1. The van der Waals surface area contributed by atoms with Gasteiger partial charge in [-0.3, -0.25) is 0 Å². The lowest BCUT2D eigenvalue weighted by Gasteiger charge is -2.08. The smallest absolute Gasteiger partial charge is 0.387 e. The monoisotopic (exact) mass is 265 g/mol. The Balaban J connectivity index is 1.93. The van der Waals surface area contributed by atoms with Crippen molar-refractivity contribution in [2.24, 2.45) is 0 Å². The molecule has 2 N–H and O–H groups in total. The molecule has 2 aromatic rings. The molecule has 0 saturated carbocycles. The molecule has 0 spiro atoms. The van der Waals surface area contributed by atoms with Crippen LogP contribution in [0.15, 0.2) is 48.5 Å². The molecule has 5 heteroatoms. The summed E-state index contributed by atoms with van der Waals surface area (Å²) in [7, 11) is 0. The lowest BCUT2D eigenvalue weighted by Crippen LogP contribution is -2.02. The molecule has 19 heavy (non-hydrogen) atoms. The zero-order chi connectivity index (χ0) is 13.7. The maximum absolute atomic E-state index is 12.0. The van der Waals surface area contributed by atoms with Crippen molar-refractivity contribution in [2.45, 2.75) is 13.2 Å². The minimum absolute atomic E-state index is 0.128. The van der Waals surface area contributed by atoms with Gasteiger partial charge in [-0.2, -0.15) is 8.78 Å². The van der Waals surface area contributed by atoms with Crippen LogP contribution < -0.4 is 15.2 Å². The molecule has 100 valence electrons. The average molecular weight is 265 g/mol. The summed E-state index contributed by atoms with van der Waals surface area (Å²) < 4.78 is 33.7. The minimum atomic E-state index is -2.81. The van der Waals surface area contributed by atoms with Crippen LogP contribution in [0.3, 0.4) is 0 Å². The van der Waals surface area contributed by atoms with Gasteiger partial charge in [-0.15, -0.1) is 0 Å². The van der Waals surface area contributed by atoms with E-state index in [1.807, 2.05) is 0 Å². The maximum Gasteiger partial charge on any atom is 0.387 e. The van der Waals surface area contributed by atoms with Crippen molar-refractivity contribution in [1.29, 1.82) is 0 Å². The van der Waals surface area contributed by atoms with E-state index < -0.39 is 6.61 Å². The third kappa shape index (κ3) is 4.13. The Labute approximate surface area is 109 Å². The van der Waals surface area contributed by atoms with Gasteiger partial charge in [0.25, 0.3) is 0 Å². The zero-order valence-corrected chi connectivity index (χ0v) is 10.1. The van der Waals surface area contributed by atoms with Gasteiger partial charge in [0, 0.05) is 11.8 Å². The number of benzene rings is 2. The number of alkyl halides is 2. The SMILES string of the molecule is Nc1cccc(OCc2ccc(OC(F)F)cc2)c1. The average Bonchev–Trinajstić information content (AvgIpc) is 2.37. The highest BCUT2D eigenvalue weighted by atomic mass is 19.3. The number of ether oxygens (including phenoxy) is 2. The van der Waals surface area contributed by atoms with Gasteiger partial charge in [0.15, 0.2) is 0 Å². The van der Waals surface area contributed by atoms with Crippen molar-refractivity contribution in [1.82, 2.24) is 0 Å². The van der Waals surface area contributed by atoms with Gasteiger partial charge < -0.3 is 15.2 Å². The predicted octanol–water partition coefficient (Wildman–Crippen LogP) is 3.45. The molecule has 0 aliphatic heterocycles. The van der Waals surface area contributed by atoms with Crippen LogP contribution in [0.4, 0.5) is 14.5 Å². The first kappa shape index (κ1) is 13.1. The standard InChI is InChI=1S/C14H13F2NO2/c15-14(16)19-12-6-4-10(5-7-12)9-18-13-3-1-2-11(17)8-13/h1-8,14H,9,17H2. The van der Waals surface area contributed by atoms with Crippen molar-refractivity contribution in [2.75, 3.05) is 5.73 Å². The van der Waals surface area contributed by atoms with Crippen LogP contribution in [-0.4, -0.2) is 6.61 Å². The van der Waals surface area contributed by atoms with Gasteiger partial charge in [-0.1, -0.05) is 18.2 Å². The fraction of sp³-hybridized carbons (Fsp3) is 0.143. The van der Waals surface area contributed by atoms with Crippen molar-refractivity contribution in [3.8, 4) is 11.5 Å². The first-order valence-corrected chi connectivity index (χ1v) is 5.65. The van der Waals surface area contributed by atoms with E-state index in [1.165, 1.54) is 12.1 Å². The Morgan fingerprint density at radius 2 is 1.74 bits per heavy atom. The lowest BCUT2D eigenvalue weighted by atomic mass is 10.2. The van der Waals surface area contributed by atoms with Crippen LogP contribution >= 0.6 is 0 Å². The van der Waals surface area contributed by atoms with E-state index >= 15 is 0 Å². The van der Waals surface area contributed by atoms with Crippen molar-refractivity contribution in [3.63, 3.8) is 0 Å². The van der Waals surface area contributed by atoms with Crippen molar-refractivity contribution >= 4 is 5.69 Å². The van der Waals surface area contributed by atoms with E-state index in [1.54, 1.807) is 36.4 Å². The quantitative estimate of drug-likeness (QED) is 0.842. The number of hydrogen-bond donors (Lipinski definition) is 1. The molecule has 0 bridgehead atoms. The minimum Gasteiger partial charge on any atom is -0.489 e. The molecule has 2 rings (SSSR count). The Morgan fingerprint density at radius 3 is 2.37 bits per heavy atom. The van der Waals surface area contributed by atoms with E-state index in [0.29, 0.717) is 18.0 Å². The first-order valence-electron chi connectivity index (χ1n) is 5.65. The number of hydrogen-bond acceptors (Lipinski definition) is 3. The van der Waals surface area contributed by atoms with Gasteiger partial charge in [-0.25, -0.2) is 0 Å². The molecular formula is C14H13F2NO2. The lowest BCUT2D eigenvalue weighted by molar-refractivity contribution is -0.0498. The topological polar surface area (TPSA) is 44.5 Å². The summed E-state index contributed by atoms with van der Waals surface area (Å²) in [5, 5.41) is 0. The summed E-state index contributed by atoms with van der Waals surface area (Å²) in [6.07, 6.45) is 0. The second kappa shape index (κ2) is 6.04. The summed E-state index contributed by atoms with van der Waals surface area (Å²) in [6.45, 7) is -2.48. The van der Waals surface area contributed by atoms with Crippen LogP contribution in [0.2, 0.25) is 0 Å². The van der Waals surface area contributed by atoms with Gasteiger partial charge in [0.1, 0.15) is 18.1 Å².